The first-order valence-electron chi connectivity index (χ1n) is 10.6. The van der Waals surface area contributed by atoms with Crippen LogP contribution in [0.25, 0.3) is 0 Å². The van der Waals surface area contributed by atoms with E-state index in [0.29, 0.717) is 0 Å². The van der Waals surface area contributed by atoms with Crippen LogP contribution in [0.1, 0.15) is 119 Å². The predicted molar refractivity (Wildman–Crippen MR) is 108 cm³/mol. The number of phosphoric acid groups is 1. The second-order valence-corrected chi connectivity index (χ2v) is 8.74. The molecule has 0 bridgehead atoms. The van der Waals surface area contributed by atoms with E-state index in [2.05, 4.69) is 6.92 Å². The topological polar surface area (TPSA) is 66.8 Å². The molecule has 4 nitrogen and oxygen atoms in total. The van der Waals surface area contributed by atoms with Crippen molar-refractivity contribution < 1.29 is 71.7 Å². The fourth-order valence-corrected chi connectivity index (χ4v) is 3.91. The minimum atomic E-state index is -4.38. The quantitative estimate of drug-likeness (QED) is 0.200. The van der Waals surface area contributed by atoms with Crippen LogP contribution in [0.15, 0.2) is 0 Å². The molecule has 2 unspecified atom stereocenters. The average molecular weight is 419 g/mol. The summed E-state index contributed by atoms with van der Waals surface area (Å²) < 4.78 is 16.0. The molecule has 0 aliphatic carbocycles. The molecule has 26 heavy (non-hydrogen) atoms. The first-order chi connectivity index (χ1) is 11.9. The van der Waals surface area contributed by atoms with Gasteiger partial charge in [0.15, 0.2) is 0 Å². The molecule has 0 aromatic carbocycles. The van der Waals surface area contributed by atoms with Crippen molar-refractivity contribution in [2.45, 2.75) is 123 Å². The second kappa shape index (κ2) is 20.0. The smallest absolute Gasteiger partial charge is 1.00 e. The summed E-state index contributed by atoms with van der Waals surface area (Å²) in [4.78, 5) is 18.1. The van der Waals surface area contributed by atoms with Crippen LogP contribution in [0.2, 0.25) is 0 Å². The van der Waals surface area contributed by atoms with Gasteiger partial charge in [-0.15, -0.1) is 0 Å². The molecular weight excluding hydrogens is 374 g/mol. The molecule has 0 saturated heterocycles. The Hall–Kier alpha value is 1.75. The zero-order valence-electron chi connectivity index (χ0n) is 18.9. The Labute approximate surface area is 206 Å². The SMILES string of the molecule is CCCCCCCCCCCCCCCC(OP(=O)(O)O)C(C)CC.[H-].[K+]. The average Bonchev–Trinajstić information content (AvgIpc) is 2.56. The maximum Gasteiger partial charge on any atom is 1.00 e. The monoisotopic (exact) mass is 418 g/mol. The molecule has 154 valence electrons. The van der Waals surface area contributed by atoms with Crippen molar-refractivity contribution in [3.8, 4) is 0 Å². The molecule has 0 aromatic rings. The summed E-state index contributed by atoms with van der Waals surface area (Å²) in [5, 5.41) is 0. The molecule has 6 heteroatoms. The first-order valence-corrected chi connectivity index (χ1v) is 12.2. The first kappa shape index (κ1) is 29.9. The molecule has 0 aromatic heterocycles. The molecule has 0 fully saturated rings. The van der Waals surface area contributed by atoms with Gasteiger partial charge in [0.05, 0.1) is 6.10 Å². The Morgan fingerprint density at radius 2 is 1.19 bits per heavy atom. The largest absolute Gasteiger partial charge is 1.00 e. The molecule has 2 atom stereocenters. The third-order valence-corrected chi connectivity index (χ3v) is 5.69. The standard InChI is InChI=1S/C20H43O4P.K.H/c1-4-6-7-8-9-10-11-12-13-14-15-16-17-18-20(19(3)5-2)24-25(21,22)23;;/h19-20H,4-18H2,1-3H3,(H2,21,22,23);;/q;+1;-1. The molecule has 0 heterocycles. The van der Waals surface area contributed by atoms with Crippen LogP contribution < -0.4 is 51.4 Å². The normalized spacial score (nSPS) is 14.0. The van der Waals surface area contributed by atoms with Gasteiger partial charge in [0.25, 0.3) is 0 Å². The molecule has 0 radical (unpaired) electrons. The van der Waals surface area contributed by atoms with Gasteiger partial charge in [-0.2, -0.15) is 0 Å². The van der Waals surface area contributed by atoms with Crippen LogP contribution in [0.5, 0.6) is 0 Å². The number of hydrogen-bond donors (Lipinski definition) is 2. The third-order valence-electron chi connectivity index (χ3n) is 5.14. The fourth-order valence-electron chi connectivity index (χ4n) is 3.24. The van der Waals surface area contributed by atoms with E-state index in [-0.39, 0.29) is 64.8 Å². The molecular formula is C20H44KO4P. The predicted octanol–water partition coefficient (Wildman–Crippen LogP) is 4.11. The van der Waals surface area contributed by atoms with E-state index in [1.165, 1.54) is 70.6 Å². The summed E-state index contributed by atoms with van der Waals surface area (Å²) >= 11 is 0. The molecule has 0 amide bonds. The molecule has 0 saturated carbocycles. The van der Waals surface area contributed by atoms with Gasteiger partial charge in [0.1, 0.15) is 0 Å². The molecule has 0 aliphatic heterocycles. The summed E-state index contributed by atoms with van der Waals surface area (Å²) in [5.74, 6) is 0.185. The van der Waals surface area contributed by atoms with Gasteiger partial charge in [-0.25, -0.2) is 4.57 Å². The van der Waals surface area contributed by atoms with Crippen molar-refractivity contribution in [3.05, 3.63) is 0 Å². The summed E-state index contributed by atoms with van der Waals surface area (Å²) in [6, 6.07) is 0. The number of hydrogen-bond acceptors (Lipinski definition) is 2. The zero-order chi connectivity index (χ0) is 19.0. The Balaban J connectivity index is -0.00000288. The minimum Gasteiger partial charge on any atom is -1.00 e. The van der Waals surface area contributed by atoms with E-state index in [1.807, 2.05) is 13.8 Å². The number of rotatable bonds is 18. The van der Waals surface area contributed by atoms with Gasteiger partial charge in [-0.3, -0.25) is 4.52 Å². The van der Waals surface area contributed by atoms with Crippen molar-refractivity contribution in [1.29, 1.82) is 0 Å². The van der Waals surface area contributed by atoms with Crippen molar-refractivity contribution >= 4 is 7.82 Å². The Morgan fingerprint density at radius 1 is 0.808 bits per heavy atom. The van der Waals surface area contributed by atoms with Gasteiger partial charge in [-0.1, -0.05) is 111 Å². The zero-order valence-corrected chi connectivity index (χ0v) is 21.9. The van der Waals surface area contributed by atoms with Crippen molar-refractivity contribution in [2.24, 2.45) is 5.92 Å². The maximum atomic E-state index is 11.1. The van der Waals surface area contributed by atoms with Crippen molar-refractivity contribution in [2.75, 3.05) is 0 Å². The molecule has 2 N–H and O–H groups in total. The summed E-state index contributed by atoms with van der Waals surface area (Å²) in [6.45, 7) is 6.29. The number of unbranched alkanes of at least 4 members (excludes halogenated alkanes) is 12. The second-order valence-electron chi connectivity index (χ2n) is 7.55. The summed E-state index contributed by atoms with van der Waals surface area (Å²) in [5.41, 5.74) is 0. The minimum absolute atomic E-state index is 0. The van der Waals surface area contributed by atoms with Crippen LogP contribution in [0, 0.1) is 5.92 Å². The Morgan fingerprint density at radius 3 is 1.54 bits per heavy atom. The Kier molecular flexibility index (Phi) is 23.1. The van der Waals surface area contributed by atoms with E-state index in [1.54, 1.807) is 0 Å². The summed E-state index contributed by atoms with van der Waals surface area (Å²) in [6.07, 6.45) is 18.3. The van der Waals surface area contributed by atoms with Gasteiger partial charge < -0.3 is 11.2 Å². The van der Waals surface area contributed by atoms with E-state index in [4.69, 9.17) is 14.3 Å². The van der Waals surface area contributed by atoms with Crippen LogP contribution in [-0.4, -0.2) is 15.9 Å². The third kappa shape index (κ3) is 20.5. The van der Waals surface area contributed by atoms with Crippen LogP contribution in [0.3, 0.4) is 0 Å². The van der Waals surface area contributed by atoms with Crippen LogP contribution in [0.4, 0.5) is 0 Å². The van der Waals surface area contributed by atoms with Crippen molar-refractivity contribution in [3.63, 3.8) is 0 Å². The van der Waals surface area contributed by atoms with E-state index in [0.717, 1.165) is 25.7 Å². The molecule has 0 spiro atoms. The Bertz CT molecular complexity index is 342. The van der Waals surface area contributed by atoms with Crippen LogP contribution >= 0.6 is 7.82 Å². The van der Waals surface area contributed by atoms with Crippen LogP contribution in [-0.2, 0) is 9.09 Å². The number of phosphoric ester groups is 1. The van der Waals surface area contributed by atoms with Gasteiger partial charge in [-0.05, 0) is 12.3 Å². The molecule has 0 rings (SSSR count). The van der Waals surface area contributed by atoms with E-state index < -0.39 is 7.82 Å². The van der Waals surface area contributed by atoms with Gasteiger partial charge in [0.2, 0.25) is 0 Å². The van der Waals surface area contributed by atoms with Crippen molar-refractivity contribution in [1.82, 2.24) is 0 Å². The van der Waals surface area contributed by atoms with E-state index in [9.17, 15) is 4.57 Å². The van der Waals surface area contributed by atoms with Gasteiger partial charge in [0, 0.05) is 0 Å². The maximum absolute atomic E-state index is 11.1. The van der Waals surface area contributed by atoms with E-state index >= 15 is 0 Å². The molecule has 0 aliphatic rings. The fraction of sp³-hybridized carbons (Fsp3) is 1.00. The van der Waals surface area contributed by atoms with Gasteiger partial charge >= 0.3 is 59.2 Å². The summed E-state index contributed by atoms with van der Waals surface area (Å²) in [7, 11) is -4.38.